The predicted octanol–water partition coefficient (Wildman–Crippen LogP) is -1.70. The van der Waals surface area contributed by atoms with Crippen LogP contribution >= 0.6 is 0 Å². The van der Waals surface area contributed by atoms with Crippen molar-refractivity contribution < 1.29 is 77.2 Å². The summed E-state index contributed by atoms with van der Waals surface area (Å²) in [7, 11) is 0. The van der Waals surface area contributed by atoms with E-state index in [0.717, 1.165) is 12.8 Å². The molecule has 0 saturated carbocycles. The summed E-state index contributed by atoms with van der Waals surface area (Å²) >= 11 is 0. The molecule has 0 amide bonds. The molecule has 6 fully saturated rings. The van der Waals surface area contributed by atoms with E-state index in [1.807, 2.05) is 0 Å². The average molecular weight is 466 g/mol. The third kappa shape index (κ3) is 5.27. The van der Waals surface area contributed by atoms with Gasteiger partial charge >= 0.3 is 0 Å². The number of hydrogen-bond acceptors (Lipinski definition) is 9. The van der Waals surface area contributed by atoms with Gasteiger partial charge in [0, 0.05) is 45.2 Å². The molecular weight excluding hydrogens is 437 g/mol. The number of hydrogen-bond donors (Lipinski definition) is 5. The number of aliphatic hydroxyl groups excluding tert-OH is 5. The van der Waals surface area contributed by atoms with E-state index in [1.54, 1.807) is 0 Å². The summed E-state index contributed by atoms with van der Waals surface area (Å²) in [5, 5.41) is 51.1. The summed E-state index contributed by atoms with van der Waals surface area (Å²) in [6, 6.07) is 0. The van der Waals surface area contributed by atoms with Crippen molar-refractivity contribution >= 4 is 0 Å². The van der Waals surface area contributed by atoms with E-state index in [4.69, 9.17) is 18.9 Å². The summed E-state index contributed by atoms with van der Waals surface area (Å²) in [4.78, 5) is 0. The van der Waals surface area contributed by atoms with Crippen LogP contribution in [0.3, 0.4) is 0 Å². The SMILES string of the molecule is [CH2-]C1O[C@H]2OCCCCCC3C(CO)O[C@@H](OC1[C@H](O)[C@H]2O)[C@H](O)[C@H]3O.[Y]. The van der Waals surface area contributed by atoms with Crippen molar-refractivity contribution in [3.63, 3.8) is 0 Å². The van der Waals surface area contributed by atoms with Gasteiger partial charge in [-0.15, -0.1) is 0 Å². The van der Waals surface area contributed by atoms with E-state index in [-0.39, 0.29) is 39.3 Å². The molecule has 6 aliphatic heterocycles. The maximum absolute atomic E-state index is 10.5. The van der Waals surface area contributed by atoms with Gasteiger partial charge in [0.2, 0.25) is 0 Å². The van der Waals surface area contributed by atoms with Gasteiger partial charge in [0.25, 0.3) is 0 Å². The van der Waals surface area contributed by atoms with Crippen LogP contribution in [-0.2, 0) is 51.7 Å². The van der Waals surface area contributed by atoms with Gasteiger partial charge < -0.3 is 51.4 Å². The van der Waals surface area contributed by atoms with Gasteiger partial charge in [0.05, 0.1) is 24.9 Å². The topological polar surface area (TPSA) is 138 Å². The zero-order chi connectivity index (χ0) is 18.8. The van der Waals surface area contributed by atoms with E-state index in [9.17, 15) is 25.5 Å². The zero-order valence-electron chi connectivity index (χ0n) is 15.2. The van der Waals surface area contributed by atoms with Gasteiger partial charge in [-0.1, -0.05) is 12.8 Å². The third-order valence-electron chi connectivity index (χ3n) is 5.43. The fourth-order valence-electron chi connectivity index (χ4n) is 3.86. The van der Waals surface area contributed by atoms with Gasteiger partial charge in [-0.05, 0) is 18.9 Å². The molecule has 27 heavy (non-hydrogen) atoms. The normalized spacial score (nSPS) is 49.1. The molecule has 155 valence electrons. The second-order valence-corrected chi connectivity index (χ2v) is 7.22. The zero-order valence-corrected chi connectivity index (χ0v) is 18.0. The molecule has 5 N–H and O–H groups in total. The maximum Gasteiger partial charge on any atom is 0.186 e. The van der Waals surface area contributed by atoms with Crippen LogP contribution in [0.1, 0.15) is 25.7 Å². The van der Waals surface area contributed by atoms with Crippen molar-refractivity contribution in [2.24, 2.45) is 5.92 Å². The summed E-state index contributed by atoms with van der Waals surface area (Å²) in [5.74, 6) is -0.431. The van der Waals surface area contributed by atoms with Crippen LogP contribution in [0.15, 0.2) is 0 Å². The summed E-state index contributed by atoms with van der Waals surface area (Å²) in [5.41, 5.74) is 0. The van der Waals surface area contributed by atoms with E-state index in [2.05, 4.69) is 6.92 Å². The van der Waals surface area contributed by atoms with Crippen molar-refractivity contribution in [1.82, 2.24) is 0 Å². The van der Waals surface area contributed by atoms with Crippen LogP contribution < -0.4 is 0 Å². The van der Waals surface area contributed by atoms with E-state index >= 15 is 0 Å². The third-order valence-corrected chi connectivity index (χ3v) is 5.43. The molecule has 0 aliphatic carbocycles. The molecule has 1 radical (unpaired) electrons. The molecule has 10 heteroatoms. The minimum absolute atomic E-state index is 0. The first kappa shape index (κ1) is 24.0. The fraction of sp³-hybridized carbons (Fsp3) is 0.941. The monoisotopic (exact) mass is 466 g/mol. The van der Waals surface area contributed by atoms with Gasteiger partial charge in [-0.25, -0.2) is 0 Å². The van der Waals surface area contributed by atoms with Crippen molar-refractivity contribution in [2.75, 3.05) is 13.2 Å². The number of ether oxygens (including phenoxy) is 4. The second-order valence-electron chi connectivity index (χ2n) is 7.22. The molecule has 4 bridgehead atoms. The number of rotatable bonds is 1. The van der Waals surface area contributed by atoms with Gasteiger partial charge in [-0.2, -0.15) is 0 Å². The fourth-order valence-corrected chi connectivity index (χ4v) is 3.86. The van der Waals surface area contributed by atoms with Crippen LogP contribution in [0.5, 0.6) is 0 Å². The average Bonchev–Trinajstić information content (AvgIpc) is 2.63. The van der Waals surface area contributed by atoms with Crippen LogP contribution in [0.4, 0.5) is 0 Å². The Bertz CT molecular complexity index is 454. The van der Waals surface area contributed by atoms with Gasteiger partial charge in [0.15, 0.2) is 12.6 Å². The first-order chi connectivity index (χ1) is 12.4. The molecule has 0 aromatic heterocycles. The molecule has 9 nitrogen and oxygen atoms in total. The molecule has 0 aromatic rings. The Morgan fingerprint density at radius 1 is 0.815 bits per heavy atom. The molecule has 0 spiro atoms. The standard InChI is InChI=1S/C17H29O9.Y/c1-8-15-12(20)14(22)16(24-8)23-6-4-2-3-5-9-10(7-18)25-17(26-15)13(21)11(9)19;/h8-22H,1-7H2;/q-1;/t8?,9?,10?,11-,12+,13+,14+,15?,16+,17-;/m0./s1. The molecule has 6 saturated heterocycles. The smallest absolute Gasteiger partial charge is 0.186 e. The van der Waals surface area contributed by atoms with Crippen LogP contribution in [-0.4, -0.2) is 94.1 Å². The first-order valence-corrected chi connectivity index (χ1v) is 9.18. The van der Waals surface area contributed by atoms with Gasteiger partial charge in [0.1, 0.15) is 18.3 Å². The van der Waals surface area contributed by atoms with Gasteiger partial charge in [-0.3, -0.25) is 0 Å². The molecule has 4 unspecified atom stereocenters. The Morgan fingerprint density at radius 3 is 2.22 bits per heavy atom. The molecule has 6 aliphatic rings. The quantitative estimate of drug-likeness (QED) is 0.286. The molecule has 10 atom stereocenters. The Hall–Kier alpha value is 0.744. The predicted molar refractivity (Wildman–Crippen MR) is 86.6 cm³/mol. The van der Waals surface area contributed by atoms with E-state index in [1.165, 1.54) is 0 Å². The van der Waals surface area contributed by atoms with Crippen molar-refractivity contribution in [3.05, 3.63) is 6.92 Å². The molecular formula is C17H29O9Y-. The first-order valence-electron chi connectivity index (χ1n) is 9.18. The summed E-state index contributed by atoms with van der Waals surface area (Å²) in [6.07, 6.45) is -7.42. The maximum atomic E-state index is 10.5. The minimum Gasteiger partial charge on any atom is -0.394 e. The molecule has 6 rings (SSSR count). The Morgan fingerprint density at radius 2 is 1.52 bits per heavy atom. The van der Waals surface area contributed by atoms with Crippen molar-refractivity contribution in [2.45, 2.75) is 81.0 Å². The minimum atomic E-state index is -1.38. The summed E-state index contributed by atoms with van der Waals surface area (Å²) < 4.78 is 22.3. The van der Waals surface area contributed by atoms with E-state index in [0.29, 0.717) is 19.4 Å². The summed E-state index contributed by atoms with van der Waals surface area (Å²) in [6.45, 7) is 3.78. The van der Waals surface area contributed by atoms with Crippen molar-refractivity contribution in [3.8, 4) is 0 Å². The number of aliphatic hydroxyl groups is 5. The Kier molecular flexibility index (Phi) is 9.50. The largest absolute Gasteiger partial charge is 0.394 e. The second kappa shape index (κ2) is 10.7. The Labute approximate surface area is 183 Å². The van der Waals surface area contributed by atoms with E-state index < -0.39 is 61.2 Å². The molecule has 6 heterocycles. The van der Waals surface area contributed by atoms with Crippen LogP contribution in [0.25, 0.3) is 0 Å². The Balaban J connectivity index is 0.00000261. The van der Waals surface area contributed by atoms with Crippen LogP contribution in [0.2, 0.25) is 0 Å². The van der Waals surface area contributed by atoms with Crippen LogP contribution in [0, 0.1) is 12.8 Å². The molecule has 0 aromatic carbocycles. The van der Waals surface area contributed by atoms with Crippen molar-refractivity contribution in [1.29, 1.82) is 0 Å².